The fourth-order valence-corrected chi connectivity index (χ4v) is 5.84. The van der Waals surface area contributed by atoms with E-state index in [2.05, 4.69) is 31.4 Å². The Bertz CT molecular complexity index is 1280. The van der Waals surface area contributed by atoms with Crippen molar-refractivity contribution in [1.82, 2.24) is 14.7 Å². The van der Waals surface area contributed by atoms with Crippen LogP contribution in [0.25, 0.3) is 5.70 Å². The molecule has 2 aromatic rings. The summed E-state index contributed by atoms with van der Waals surface area (Å²) in [4.78, 5) is 20.2. The van der Waals surface area contributed by atoms with Gasteiger partial charge in [0.1, 0.15) is 21.3 Å². The standard InChI is InChI=1S/C32H47N3O5S/c1-8-30(26-10-13-28(36)14-11-26)35(25(6)29-15-12-27(23(2)3)22-31(29)40-24(4)5)32(37)34-19-17-33(18-20-34)16-9-21-41(7,38)39/h10-15,22-24,30,36H,6,8-9,16-21H2,1-5,7H3/t30-/m0/s1. The number of piperazine rings is 1. The normalized spacial score (nSPS) is 15.3. The van der Waals surface area contributed by atoms with Gasteiger partial charge in [-0.25, -0.2) is 13.2 Å². The van der Waals surface area contributed by atoms with Gasteiger partial charge in [0, 0.05) is 43.7 Å². The number of benzene rings is 2. The lowest BCUT2D eigenvalue weighted by atomic mass is 9.97. The molecule has 1 N–H and O–H groups in total. The Hall–Kier alpha value is -3.04. The van der Waals surface area contributed by atoms with Crippen LogP contribution in [0.4, 0.5) is 4.79 Å². The highest BCUT2D eigenvalue weighted by atomic mass is 32.2. The largest absolute Gasteiger partial charge is 0.508 e. The average molecular weight is 586 g/mol. The summed E-state index contributed by atoms with van der Waals surface area (Å²) in [5.41, 5.74) is 3.39. The summed E-state index contributed by atoms with van der Waals surface area (Å²) < 4.78 is 29.3. The topological polar surface area (TPSA) is 90.4 Å². The van der Waals surface area contributed by atoms with Gasteiger partial charge in [-0.3, -0.25) is 9.80 Å². The third-order valence-electron chi connectivity index (χ3n) is 7.45. The Morgan fingerprint density at radius 3 is 2.17 bits per heavy atom. The minimum absolute atomic E-state index is 0.0528. The molecule has 1 atom stereocenters. The Morgan fingerprint density at radius 1 is 1.02 bits per heavy atom. The van der Waals surface area contributed by atoms with E-state index >= 15 is 0 Å². The molecule has 0 unspecified atom stereocenters. The van der Waals surface area contributed by atoms with E-state index in [9.17, 15) is 18.3 Å². The zero-order valence-electron chi connectivity index (χ0n) is 25.5. The summed E-state index contributed by atoms with van der Waals surface area (Å²) in [5, 5.41) is 9.91. The number of urea groups is 1. The maximum atomic E-state index is 14.3. The van der Waals surface area contributed by atoms with Crippen LogP contribution in [-0.4, -0.2) is 85.1 Å². The number of nitrogens with zero attached hydrogens (tertiary/aromatic N) is 3. The van der Waals surface area contributed by atoms with Crippen LogP contribution >= 0.6 is 0 Å². The minimum Gasteiger partial charge on any atom is -0.508 e. The van der Waals surface area contributed by atoms with Crippen LogP contribution in [0, 0.1) is 0 Å². The molecule has 0 aliphatic carbocycles. The van der Waals surface area contributed by atoms with Gasteiger partial charge in [0.15, 0.2) is 0 Å². The lowest BCUT2D eigenvalue weighted by Crippen LogP contribution is -2.53. The lowest BCUT2D eigenvalue weighted by Gasteiger charge is -2.41. The van der Waals surface area contributed by atoms with Crippen LogP contribution in [-0.2, 0) is 9.84 Å². The van der Waals surface area contributed by atoms with Crippen LogP contribution in [0.1, 0.15) is 76.1 Å². The van der Waals surface area contributed by atoms with Gasteiger partial charge in [0.05, 0.1) is 17.9 Å². The molecule has 1 aliphatic heterocycles. The lowest BCUT2D eigenvalue weighted by molar-refractivity contribution is 0.116. The number of phenols is 1. The van der Waals surface area contributed by atoms with Crippen molar-refractivity contribution in [2.45, 2.75) is 65.5 Å². The Balaban J connectivity index is 1.93. The van der Waals surface area contributed by atoms with Crippen molar-refractivity contribution < 1.29 is 23.1 Å². The van der Waals surface area contributed by atoms with Crippen LogP contribution in [0.5, 0.6) is 11.5 Å². The number of ether oxygens (including phenoxy) is 1. The third kappa shape index (κ3) is 8.97. The van der Waals surface area contributed by atoms with E-state index in [0.717, 1.165) is 16.7 Å². The highest BCUT2D eigenvalue weighted by Crippen LogP contribution is 2.38. The smallest absolute Gasteiger partial charge is 0.325 e. The molecule has 9 heteroatoms. The second kappa shape index (κ2) is 14.2. The number of amides is 2. The number of carbonyl (C=O) groups is 1. The molecule has 2 amide bonds. The zero-order chi connectivity index (χ0) is 30.3. The van der Waals surface area contributed by atoms with Crippen molar-refractivity contribution in [3.05, 3.63) is 65.7 Å². The molecule has 1 saturated heterocycles. The Morgan fingerprint density at radius 2 is 1.63 bits per heavy atom. The predicted molar refractivity (Wildman–Crippen MR) is 166 cm³/mol. The van der Waals surface area contributed by atoms with Gasteiger partial charge in [-0.05, 0) is 74.5 Å². The number of hydrogen-bond acceptors (Lipinski definition) is 6. The monoisotopic (exact) mass is 585 g/mol. The molecule has 3 rings (SSSR count). The number of sulfone groups is 1. The number of hydrogen-bond donors (Lipinski definition) is 1. The first-order valence-electron chi connectivity index (χ1n) is 14.6. The van der Waals surface area contributed by atoms with Crippen molar-refractivity contribution in [2.24, 2.45) is 0 Å². The maximum absolute atomic E-state index is 14.3. The molecule has 2 aromatic carbocycles. The van der Waals surface area contributed by atoms with E-state index in [1.54, 1.807) is 17.0 Å². The van der Waals surface area contributed by atoms with Gasteiger partial charge in [0.25, 0.3) is 0 Å². The Kier molecular flexibility index (Phi) is 11.3. The summed E-state index contributed by atoms with van der Waals surface area (Å²) in [7, 11) is -2.99. The summed E-state index contributed by atoms with van der Waals surface area (Å²) in [6, 6.07) is 12.7. The molecule has 1 aliphatic rings. The van der Waals surface area contributed by atoms with Crippen LogP contribution in [0.3, 0.4) is 0 Å². The summed E-state index contributed by atoms with van der Waals surface area (Å²) in [6.45, 7) is 17.9. The molecule has 41 heavy (non-hydrogen) atoms. The summed E-state index contributed by atoms with van der Waals surface area (Å²) in [5.74, 6) is 1.36. The number of carbonyl (C=O) groups excluding carboxylic acids is 1. The van der Waals surface area contributed by atoms with Crippen molar-refractivity contribution in [3.63, 3.8) is 0 Å². The molecule has 0 bridgehead atoms. The van der Waals surface area contributed by atoms with Crippen molar-refractivity contribution in [3.8, 4) is 11.5 Å². The maximum Gasteiger partial charge on any atom is 0.325 e. The highest BCUT2D eigenvalue weighted by Gasteiger charge is 2.33. The molecule has 0 aromatic heterocycles. The van der Waals surface area contributed by atoms with Crippen molar-refractivity contribution in [1.29, 1.82) is 0 Å². The van der Waals surface area contributed by atoms with Gasteiger partial charge >= 0.3 is 6.03 Å². The second-order valence-electron chi connectivity index (χ2n) is 11.5. The zero-order valence-corrected chi connectivity index (χ0v) is 26.3. The first kappa shape index (κ1) is 32.5. The molecule has 0 saturated carbocycles. The number of phenolic OH excluding ortho intramolecular Hbond substituents is 1. The van der Waals surface area contributed by atoms with Crippen LogP contribution in [0.2, 0.25) is 0 Å². The SMILES string of the molecule is C=C(c1ccc(C(C)C)cc1OC(C)C)N(C(=O)N1CCN(CCCS(C)(=O)=O)CC1)[C@@H](CC)c1ccc(O)cc1. The summed E-state index contributed by atoms with van der Waals surface area (Å²) >= 11 is 0. The second-order valence-corrected chi connectivity index (χ2v) is 13.8. The molecule has 0 radical (unpaired) electrons. The molecule has 226 valence electrons. The quantitative estimate of drug-likeness (QED) is 0.334. The third-order valence-corrected chi connectivity index (χ3v) is 8.48. The number of rotatable bonds is 12. The number of aromatic hydroxyl groups is 1. The van der Waals surface area contributed by atoms with E-state index in [4.69, 9.17) is 4.74 Å². The summed E-state index contributed by atoms with van der Waals surface area (Å²) in [6.07, 6.45) is 2.44. The fourth-order valence-electron chi connectivity index (χ4n) is 5.18. The van der Waals surface area contributed by atoms with E-state index < -0.39 is 9.84 Å². The highest BCUT2D eigenvalue weighted by molar-refractivity contribution is 7.90. The van der Waals surface area contributed by atoms with Crippen molar-refractivity contribution in [2.75, 3.05) is 44.7 Å². The first-order valence-corrected chi connectivity index (χ1v) is 16.6. The molecule has 1 heterocycles. The van der Waals surface area contributed by atoms with Gasteiger partial charge in [-0.2, -0.15) is 0 Å². The first-order chi connectivity index (χ1) is 19.3. The van der Waals surface area contributed by atoms with Crippen LogP contribution in [0.15, 0.2) is 49.0 Å². The molecule has 8 nitrogen and oxygen atoms in total. The molecule has 0 spiro atoms. The van der Waals surface area contributed by atoms with Crippen LogP contribution < -0.4 is 4.74 Å². The van der Waals surface area contributed by atoms with Gasteiger partial charge in [-0.15, -0.1) is 0 Å². The molecular formula is C32H47N3O5S. The molecular weight excluding hydrogens is 538 g/mol. The average Bonchev–Trinajstić information content (AvgIpc) is 2.91. The fraction of sp³-hybridized carbons (Fsp3) is 0.531. The Labute approximate surface area is 246 Å². The minimum atomic E-state index is -2.99. The predicted octanol–water partition coefficient (Wildman–Crippen LogP) is 5.90. The van der Waals surface area contributed by atoms with Crippen molar-refractivity contribution >= 4 is 21.6 Å². The van der Waals surface area contributed by atoms with Gasteiger partial charge in [0.2, 0.25) is 0 Å². The van der Waals surface area contributed by atoms with E-state index in [-0.39, 0.29) is 29.7 Å². The molecule has 1 fully saturated rings. The van der Waals surface area contributed by atoms with E-state index in [0.29, 0.717) is 62.9 Å². The van der Waals surface area contributed by atoms with Gasteiger partial charge in [-0.1, -0.05) is 45.5 Å². The van der Waals surface area contributed by atoms with E-state index in [1.807, 2.05) is 49.9 Å². The van der Waals surface area contributed by atoms with Gasteiger partial charge < -0.3 is 14.7 Å². The van der Waals surface area contributed by atoms with E-state index in [1.165, 1.54) is 6.26 Å².